The molecule has 1 N–H and O–H groups in total. The van der Waals surface area contributed by atoms with Gasteiger partial charge in [-0.3, -0.25) is 19.3 Å². The number of imide groups is 1. The Morgan fingerprint density at radius 2 is 1.68 bits per heavy atom. The van der Waals surface area contributed by atoms with Crippen LogP contribution < -0.4 is 0 Å². The van der Waals surface area contributed by atoms with E-state index in [1.165, 1.54) is 6.26 Å². The number of hydrogen-bond acceptors (Lipinski definition) is 5. The predicted octanol–water partition coefficient (Wildman–Crippen LogP) is 2.50. The molecule has 124 valence electrons. The summed E-state index contributed by atoms with van der Waals surface area (Å²) in [6.45, 7) is -0.342. The first-order chi connectivity index (χ1) is 12.2. The van der Waals surface area contributed by atoms with E-state index in [9.17, 15) is 14.4 Å². The Balaban J connectivity index is 2.02. The van der Waals surface area contributed by atoms with Crippen LogP contribution in [0.1, 0.15) is 31.3 Å². The van der Waals surface area contributed by atoms with Crippen LogP contribution in [0.25, 0.3) is 21.9 Å². The molecule has 0 saturated carbocycles. The smallest absolute Gasteiger partial charge is 0.261 e. The third-order valence-corrected chi connectivity index (χ3v) is 4.41. The van der Waals surface area contributed by atoms with Crippen molar-refractivity contribution < 1.29 is 23.9 Å². The molecule has 0 fully saturated rings. The van der Waals surface area contributed by atoms with Crippen molar-refractivity contribution in [1.29, 1.82) is 0 Å². The molecule has 0 spiro atoms. The molecule has 2 heterocycles. The lowest BCUT2D eigenvalue weighted by Gasteiger charge is -2.27. The van der Waals surface area contributed by atoms with Crippen molar-refractivity contribution in [3.05, 3.63) is 59.5 Å². The van der Waals surface area contributed by atoms with Crippen molar-refractivity contribution in [3.63, 3.8) is 0 Å². The maximum Gasteiger partial charge on any atom is 0.261 e. The molecule has 2 amide bonds. The van der Waals surface area contributed by atoms with Crippen molar-refractivity contribution in [2.75, 3.05) is 13.2 Å². The zero-order valence-corrected chi connectivity index (χ0v) is 13.1. The molecule has 1 aliphatic rings. The van der Waals surface area contributed by atoms with Crippen LogP contribution in [0.2, 0.25) is 0 Å². The minimum atomic E-state index is -0.433. The van der Waals surface area contributed by atoms with Gasteiger partial charge in [0, 0.05) is 22.1 Å². The molecule has 0 radical (unpaired) electrons. The molecule has 1 aromatic heterocycles. The third kappa shape index (κ3) is 2.11. The second-order valence-electron chi connectivity index (χ2n) is 5.69. The number of furan rings is 1. The van der Waals surface area contributed by atoms with Crippen molar-refractivity contribution in [2.24, 2.45) is 0 Å². The summed E-state index contributed by atoms with van der Waals surface area (Å²) in [5.74, 6) is -0.676. The summed E-state index contributed by atoms with van der Waals surface area (Å²) < 4.78 is 5.17. The van der Waals surface area contributed by atoms with Gasteiger partial charge in [0.2, 0.25) is 0 Å². The molecule has 0 atom stereocenters. The Kier molecular flexibility index (Phi) is 3.47. The molecule has 0 bridgehead atoms. The fraction of sp³-hybridized carbons (Fsp3) is 0.105. The molecule has 0 aliphatic carbocycles. The van der Waals surface area contributed by atoms with E-state index in [0.717, 1.165) is 4.90 Å². The molecule has 4 rings (SSSR count). The molecule has 25 heavy (non-hydrogen) atoms. The van der Waals surface area contributed by atoms with E-state index < -0.39 is 11.8 Å². The first kappa shape index (κ1) is 15.3. The van der Waals surface area contributed by atoms with Crippen molar-refractivity contribution in [2.45, 2.75) is 0 Å². The molecule has 6 heteroatoms. The van der Waals surface area contributed by atoms with Gasteiger partial charge in [-0.1, -0.05) is 18.2 Å². The Hall–Kier alpha value is -3.25. The fourth-order valence-electron chi connectivity index (χ4n) is 3.32. The van der Waals surface area contributed by atoms with Crippen molar-refractivity contribution in [1.82, 2.24) is 4.90 Å². The van der Waals surface area contributed by atoms with Gasteiger partial charge in [0.15, 0.2) is 12.0 Å². The van der Waals surface area contributed by atoms with Crippen LogP contribution in [0.3, 0.4) is 0 Å². The van der Waals surface area contributed by atoms with Crippen LogP contribution in [-0.4, -0.2) is 41.3 Å². The number of hydrogen-bond donors (Lipinski definition) is 1. The normalized spacial score (nSPS) is 13.6. The highest BCUT2D eigenvalue weighted by Gasteiger charge is 2.33. The zero-order valence-electron chi connectivity index (χ0n) is 13.1. The van der Waals surface area contributed by atoms with Crippen LogP contribution >= 0.6 is 0 Å². The Bertz CT molecular complexity index is 1010. The lowest BCUT2D eigenvalue weighted by atomic mass is 9.89. The number of aldehydes is 1. The molecule has 2 aromatic carbocycles. The van der Waals surface area contributed by atoms with E-state index in [0.29, 0.717) is 39.3 Å². The second kappa shape index (κ2) is 5.68. The largest absolute Gasteiger partial charge is 0.461 e. The summed E-state index contributed by atoms with van der Waals surface area (Å²) >= 11 is 0. The van der Waals surface area contributed by atoms with Gasteiger partial charge in [-0.2, -0.15) is 0 Å². The van der Waals surface area contributed by atoms with Gasteiger partial charge in [0.05, 0.1) is 19.4 Å². The van der Waals surface area contributed by atoms with Gasteiger partial charge in [-0.25, -0.2) is 0 Å². The van der Waals surface area contributed by atoms with Gasteiger partial charge in [-0.15, -0.1) is 0 Å². The molecule has 1 aliphatic heterocycles. The minimum Gasteiger partial charge on any atom is -0.461 e. The maximum absolute atomic E-state index is 12.6. The van der Waals surface area contributed by atoms with E-state index >= 15 is 0 Å². The van der Waals surface area contributed by atoms with Crippen molar-refractivity contribution >= 4 is 28.9 Å². The SMILES string of the molecule is O=Cc1occc1-c1ccc2c3c(cccc13)C(=O)N(CCO)C2=O. The van der Waals surface area contributed by atoms with Crippen LogP contribution in [-0.2, 0) is 0 Å². The molecule has 3 aromatic rings. The summed E-state index contributed by atoms with van der Waals surface area (Å²) in [5.41, 5.74) is 2.13. The van der Waals surface area contributed by atoms with E-state index in [1.54, 1.807) is 30.3 Å². The highest BCUT2D eigenvalue weighted by molar-refractivity contribution is 6.27. The van der Waals surface area contributed by atoms with E-state index in [4.69, 9.17) is 9.52 Å². The van der Waals surface area contributed by atoms with Gasteiger partial charge < -0.3 is 9.52 Å². The number of aliphatic hydroxyl groups excluding tert-OH is 1. The number of carbonyl (C=O) groups excluding carboxylic acids is 3. The third-order valence-electron chi connectivity index (χ3n) is 4.41. The number of β-amino-alcohol motifs (C(OH)–C–C–N with tert-alkyl or cyclic N) is 1. The highest BCUT2D eigenvalue weighted by atomic mass is 16.3. The predicted molar refractivity (Wildman–Crippen MR) is 89.5 cm³/mol. The number of nitrogens with zero attached hydrogens (tertiary/aromatic N) is 1. The molecule has 6 nitrogen and oxygen atoms in total. The number of amides is 2. The summed E-state index contributed by atoms with van der Waals surface area (Å²) in [6.07, 6.45) is 2.05. The summed E-state index contributed by atoms with van der Waals surface area (Å²) in [7, 11) is 0. The maximum atomic E-state index is 12.6. The number of rotatable bonds is 4. The average Bonchev–Trinajstić information content (AvgIpc) is 3.11. The Morgan fingerprint density at radius 1 is 0.960 bits per heavy atom. The summed E-state index contributed by atoms with van der Waals surface area (Å²) in [5, 5.41) is 10.4. The number of carbonyl (C=O) groups is 3. The first-order valence-electron chi connectivity index (χ1n) is 7.73. The monoisotopic (exact) mass is 335 g/mol. The zero-order chi connectivity index (χ0) is 17.6. The van der Waals surface area contributed by atoms with E-state index in [2.05, 4.69) is 0 Å². The fourth-order valence-corrected chi connectivity index (χ4v) is 3.32. The standard InChI is InChI=1S/C19H13NO5/c21-8-7-20-18(23)14-3-1-2-13-11(12-6-9-25-16(12)10-22)4-5-15(17(13)14)19(20)24/h1-6,9-10,21H,7-8H2. The van der Waals surface area contributed by atoms with Crippen LogP contribution in [0.4, 0.5) is 0 Å². The van der Waals surface area contributed by atoms with Gasteiger partial charge >= 0.3 is 0 Å². The van der Waals surface area contributed by atoms with Crippen LogP contribution in [0, 0.1) is 0 Å². The first-order valence-corrected chi connectivity index (χ1v) is 7.73. The highest BCUT2D eigenvalue weighted by Crippen LogP contribution is 2.37. The van der Waals surface area contributed by atoms with Crippen molar-refractivity contribution in [3.8, 4) is 11.1 Å². The van der Waals surface area contributed by atoms with E-state index in [-0.39, 0.29) is 18.9 Å². The average molecular weight is 335 g/mol. The van der Waals surface area contributed by atoms with E-state index in [1.807, 2.05) is 6.07 Å². The van der Waals surface area contributed by atoms with Gasteiger partial charge in [0.25, 0.3) is 11.8 Å². The van der Waals surface area contributed by atoms with Crippen LogP contribution in [0.15, 0.2) is 47.1 Å². The summed E-state index contributed by atoms with van der Waals surface area (Å²) in [4.78, 5) is 37.5. The summed E-state index contributed by atoms with van der Waals surface area (Å²) in [6, 6.07) is 10.3. The number of aliphatic hydroxyl groups is 1. The quantitative estimate of drug-likeness (QED) is 0.585. The molecule has 0 unspecified atom stereocenters. The lowest BCUT2D eigenvalue weighted by Crippen LogP contribution is -2.41. The van der Waals surface area contributed by atoms with Crippen LogP contribution in [0.5, 0.6) is 0 Å². The molecular weight excluding hydrogens is 322 g/mol. The van der Waals surface area contributed by atoms with Gasteiger partial charge in [0.1, 0.15) is 0 Å². The molecule has 0 saturated heterocycles. The van der Waals surface area contributed by atoms with Gasteiger partial charge in [-0.05, 0) is 29.1 Å². The Morgan fingerprint density at radius 3 is 2.40 bits per heavy atom. The molecular formula is C19H13NO5. The lowest BCUT2D eigenvalue weighted by molar-refractivity contribution is 0.0580. The topological polar surface area (TPSA) is 87.8 Å². The number of benzene rings is 2. The Labute approximate surface area is 142 Å². The second-order valence-corrected chi connectivity index (χ2v) is 5.69. The minimum absolute atomic E-state index is 0.0493.